The summed E-state index contributed by atoms with van der Waals surface area (Å²) in [5.41, 5.74) is -2.62. The van der Waals surface area contributed by atoms with E-state index in [1.54, 1.807) is 19.9 Å². The third-order valence-corrected chi connectivity index (χ3v) is 6.10. The van der Waals surface area contributed by atoms with Gasteiger partial charge in [0.2, 0.25) is 5.78 Å². The van der Waals surface area contributed by atoms with Crippen LogP contribution in [0.1, 0.15) is 33.6 Å². The van der Waals surface area contributed by atoms with E-state index in [1.165, 1.54) is 6.92 Å². The quantitative estimate of drug-likeness (QED) is 0.469. The van der Waals surface area contributed by atoms with Gasteiger partial charge in [-0.25, -0.2) is 4.79 Å². The van der Waals surface area contributed by atoms with E-state index >= 15 is 0 Å². The van der Waals surface area contributed by atoms with Gasteiger partial charge < -0.3 is 24.2 Å². The number of carbonyl (C=O) groups excluding carboxylic acids is 3. The van der Waals surface area contributed by atoms with E-state index in [1.807, 2.05) is 11.9 Å². The summed E-state index contributed by atoms with van der Waals surface area (Å²) in [6.07, 6.45) is 0.650. The Morgan fingerprint density at radius 1 is 1.26 bits per heavy atom. The first-order chi connectivity index (χ1) is 12.6. The van der Waals surface area contributed by atoms with Crippen LogP contribution in [0.5, 0.6) is 0 Å². The maximum Gasteiger partial charge on any atom is 0.338 e. The Balaban J connectivity index is 1.95. The number of fused-ring (bicyclic) bond motifs is 2. The van der Waals surface area contributed by atoms with Crippen LogP contribution in [0.4, 0.5) is 0 Å². The molecule has 3 aliphatic rings. The molecule has 5 unspecified atom stereocenters. The Labute approximate surface area is 158 Å². The molecule has 0 aromatic heterocycles. The number of ketones is 1. The molecule has 27 heavy (non-hydrogen) atoms. The predicted molar refractivity (Wildman–Crippen MR) is 93.7 cm³/mol. The van der Waals surface area contributed by atoms with Crippen molar-refractivity contribution in [2.24, 2.45) is 5.92 Å². The van der Waals surface area contributed by atoms with Crippen LogP contribution >= 0.6 is 0 Å². The molecule has 0 aromatic rings. The SMILES string of the molecule is CC1OC12CC(=O)OC1CCN(C)C/C=C(/COC(=O)C(C)(O)C2C)C1=O. The van der Waals surface area contributed by atoms with Crippen LogP contribution in [0.15, 0.2) is 11.6 Å². The van der Waals surface area contributed by atoms with Crippen LogP contribution in [0.3, 0.4) is 0 Å². The van der Waals surface area contributed by atoms with E-state index in [9.17, 15) is 19.5 Å². The number of epoxide rings is 1. The molecule has 8 nitrogen and oxygen atoms in total. The highest BCUT2D eigenvalue weighted by atomic mass is 16.6. The van der Waals surface area contributed by atoms with Crippen LogP contribution in [0, 0.1) is 5.92 Å². The van der Waals surface area contributed by atoms with E-state index < -0.39 is 35.2 Å². The zero-order valence-electron chi connectivity index (χ0n) is 16.2. The largest absolute Gasteiger partial charge is 0.459 e. The normalized spacial score (nSPS) is 43.4. The first-order valence-electron chi connectivity index (χ1n) is 9.26. The van der Waals surface area contributed by atoms with Crippen molar-refractivity contribution < 1.29 is 33.7 Å². The first kappa shape index (κ1) is 20.0. The molecule has 5 atom stereocenters. The molecule has 3 heterocycles. The molecular formula is C19H27NO7. The third kappa shape index (κ3) is 3.66. The Kier molecular flexibility index (Phi) is 5.18. The molecule has 0 saturated carbocycles. The number of hydrogen-bond donors (Lipinski definition) is 1. The summed E-state index contributed by atoms with van der Waals surface area (Å²) < 4.78 is 16.4. The summed E-state index contributed by atoms with van der Waals surface area (Å²) in [5.74, 6) is -2.47. The van der Waals surface area contributed by atoms with Crippen LogP contribution in [0.25, 0.3) is 0 Å². The average molecular weight is 381 g/mol. The minimum absolute atomic E-state index is 0.141. The highest BCUT2D eigenvalue weighted by molar-refractivity contribution is 6.00. The van der Waals surface area contributed by atoms with Gasteiger partial charge in [0.1, 0.15) is 12.2 Å². The first-order valence-corrected chi connectivity index (χ1v) is 9.26. The summed E-state index contributed by atoms with van der Waals surface area (Å²) in [5, 5.41) is 10.8. The second kappa shape index (κ2) is 7.00. The number of aliphatic hydroxyl groups is 1. The van der Waals surface area contributed by atoms with Crippen molar-refractivity contribution in [3.05, 3.63) is 11.6 Å². The maximum absolute atomic E-state index is 12.8. The van der Waals surface area contributed by atoms with Gasteiger partial charge in [-0.2, -0.15) is 0 Å². The van der Waals surface area contributed by atoms with E-state index in [4.69, 9.17) is 14.2 Å². The molecule has 2 fully saturated rings. The molecule has 3 rings (SSSR count). The van der Waals surface area contributed by atoms with Crippen LogP contribution in [-0.2, 0) is 28.6 Å². The van der Waals surface area contributed by atoms with Crippen molar-refractivity contribution in [1.82, 2.24) is 4.90 Å². The van der Waals surface area contributed by atoms with Crippen LogP contribution in [0.2, 0.25) is 0 Å². The zero-order valence-corrected chi connectivity index (χ0v) is 16.2. The van der Waals surface area contributed by atoms with Gasteiger partial charge in [-0.15, -0.1) is 0 Å². The van der Waals surface area contributed by atoms with Gasteiger partial charge >= 0.3 is 11.9 Å². The number of cyclic esters (lactones) is 1. The van der Waals surface area contributed by atoms with Gasteiger partial charge in [-0.1, -0.05) is 13.0 Å². The van der Waals surface area contributed by atoms with Gasteiger partial charge in [0.25, 0.3) is 0 Å². The Hall–Kier alpha value is -1.77. The summed E-state index contributed by atoms with van der Waals surface area (Å²) in [4.78, 5) is 39.9. The minimum Gasteiger partial charge on any atom is -0.459 e. The Bertz CT molecular complexity index is 686. The van der Waals surface area contributed by atoms with Gasteiger partial charge in [0.15, 0.2) is 11.7 Å². The van der Waals surface area contributed by atoms with Crippen LogP contribution in [-0.4, -0.2) is 77.9 Å². The lowest BCUT2D eigenvalue weighted by Gasteiger charge is -2.34. The van der Waals surface area contributed by atoms with Crippen molar-refractivity contribution in [1.29, 1.82) is 0 Å². The number of ether oxygens (including phenoxy) is 3. The molecule has 3 aliphatic heterocycles. The number of esters is 2. The lowest BCUT2D eigenvalue weighted by Crippen LogP contribution is -2.51. The van der Waals surface area contributed by atoms with E-state index in [2.05, 4.69) is 0 Å². The van der Waals surface area contributed by atoms with Gasteiger partial charge in [-0.05, 0) is 20.9 Å². The van der Waals surface area contributed by atoms with Crippen LogP contribution < -0.4 is 0 Å². The molecule has 1 N–H and O–H groups in total. The number of likely N-dealkylation sites (N-methyl/N-ethyl adjacent to an activating group) is 1. The second-order valence-electron chi connectivity index (χ2n) is 7.96. The second-order valence-corrected chi connectivity index (χ2v) is 7.96. The summed E-state index contributed by atoms with van der Waals surface area (Å²) in [6.45, 7) is 5.61. The van der Waals surface area contributed by atoms with Crippen molar-refractivity contribution in [3.63, 3.8) is 0 Å². The molecular weight excluding hydrogens is 354 g/mol. The minimum atomic E-state index is -1.87. The molecule has 0 amide bonds. The average Bonchev–Trinajstić information content (AvgIpc) is 3.25. The Morgan fingerprint density at radius 2 is 1.93 bits per heavy atom. The van der Waals surface area contributed by atoms with E-state index in [0.717, 1.165) is 0 Å². The molecule has 8 heteroatoms. The third-order valence-electron chi connectivity index (χ3n) is 6.10. The summed E-state index contributed by atoms with van der Waals surface area (Å²) >= 11 is 0. The number of nitrogens with zero attached hydrogens (tertiary/aromatic N) is 1. The molecule has 2 saturated heterocycles. The van der Waals surface area contributed by atoms with Gasteiger partial charge in [-0.3, -0.25) is 9.59 Å². The lowest BCUT2D eigenvalue weighted by molar-refractivity contribution is -0.174. The fraction of sp³-hybridized carbons (Fsp3) is 0.737. The van der Waals surface area contributed by atoms with E-state index in [-0.39, 0.29) is 30.5 Å². The standard InChI is InChI=1S/C19H27NO7/c1-11-18(3,24)17(23)25-10-13-5-7-20(4)8-6-14(16(13)22)26-15(21)9-19(11)12(2)27-19/h5,11-12,14,24H,6-10H2,1-4H3/b13-5-. The molecule has 0 aliphatic carbocycles. The van der Waals surface area contributed by atoms with Crippen molar-refractivity contribution in [3.8, 4) is 0 Å². The molecule has 1 spiro atoms. The van der Waals surface area contributed by atoms with Crippen molar-refractivity contribution in [2.75, 3.05) is 26.7 Å². The zero-order chi connectivity index (χ0) is 20.0. The lowest BCUT2D eigenvalue weighted by atomic mass is 9.76. The van der Waals surface area contributed by atoms with E-state index in [0.29, 0.717) is 19.5 Å². The van der Waals surface area contributed by atoms with Crippen molar-refractivity contribution in [2.45, 2.75) is 57.0 Å². The molecule has 2 bridgehead atoms. The maximum atomic E-state index is 12.8. The number of hydrogen-bond acceptors (Lipinski definition) is 8. The molecule has 0 aromatic carbocycles. The predicted octanol–water partition coefficient (Wildman–Crippen LogP) is 0.221. The van der Waals surface area contributed by atoms with Gasteiger partial charge in [0, 0.05) is 31.0 Å². The summed E-state index contributed by atoms with van der Waals surface area (Å²) in [6, 6.07) is 0. The smallest absolute Gasteiger partial charge is 0.338 e. The monoisotopic (exact) mass is 381 g/mol. The topological polar surface area (TPSA) is 106 Å². The number of carbonyl (C=O) groups is 3. The fourth-order valence-corrected chi connectivity index (χ4v) is 3.83. The highest BCUT2D eigenvalue weighted by Crippen LogP contribution is 2.50. The molecule has 0 radical (unpaired) electrons. The van der Waals surface area contributed by atoms with Crippen molar-refractivity contribution >= 4 is 17.7 Å². The number of rotatable bonds is 0. The summed E-state index contributed by atoms with van der Waals surface area (Å²) in [7, 11) is 1.89. The Morgan fingerprint density at radius 3 is 2.56 bits per heavy atom. The molecule has 150 valence electrons. The van der Waals surface area contributed by atoms with Gasteiger partial charge in [0.05, 0.1) is 12.5 Å². The fourth-order valence-electron chi connectivity index (χ4n) is 3.83. The highest BCUT2D eigenvalue weighted by Gasteiger charge is 2.64. The number of Topliss-reactive ketones (excluding diaryl/α,β-unsaturated/α-hetero) is 1.